The van der Waals surface area contributed by atoms with Crippen molar-refractivity contribution in [3.63, 3.8) is 0 Å². The van der Waals surface area contributed by atoms with Gasteiger partial charge in [0.05, 0.1) is 5.02 Å². The van der Waals surface area contributed by atoms with Gasteiger partial charge >= 0.3 is 0 Å². The first-order chi connectivity index (χ1) is 9.93. The van der Waals surface area contributed by atoms with E-state index >= 15 is 0 Å². The second-order valence-electron chi connectivity index (χ2n) is 4.56. The van der Waals surface area contributed by atoms with Crippen LogP contribution in [0, 0.1) is 23.3 Å². The Morgan fingerprint density at radius 1 is 1.05 bits per heavy atom. The summed E-state index contributed by atoms with van der Waals surface area (Å²) >= 11 is 5.69. The predicted molar refractivity (Wildman–Crippen MR) is 73.2 cm³/mol. The molecule has 112 valence electrons. The Morgan fingerprint density at radius 2 is 1.67 bits per heavy atom. The largest absolute Gasteiger partial charge is 0.313 e. The molecule has 0 fully saturated rings. The van der Waals surface area contributed by atoms with Gasteiger partial charge in [-0.1, -0.05) is 23.7 Å². The first-order valence-corrected chi connectivity index (χ1v) is 6.56. The quantitative estimate of drug-likeness (QED) is 0.651. The molecule has 0 aliphatic heterocycles. The molecule has 1 unspecified atom stereocenters. The molecule has 0 spiro atoms. The maximum Gasteiger partial charge on any atom is 0.194 e. The van der Waals surface area contributed by atoms with E-state index in [1.54, 1.807) is 13.1 Å². The van der Waals surface area contributed by atoms with Gasteiger partial charge in [-0.2, -0.15) is 0 Å². The fourth-order valence-electron chi connectivity index (χ4n) is 2.09. The first-order valence-electron chi connectivity index (χ1n) is 6.18. The van der Waals surface area contributed by atoms with Crippen molar-refractivity contribution >= 4 is 11.6 Å². The second-order valence-corrected chi connectivity index (χ2v) is 4.96. The Balaban J connectivity index is 2.34. The Morgan fingerprint density at radius 3 is 2.24 bits per heavy atom. The lowest BCUT2D eigenvalue weighted by molar-refractivity contribution is 0.440. The fraction of sp³-hybridized carbons (Fsp3) is 0.200. The van der Waals surface area contributed by atoms with Crippen LogP contribution in [0.3, 0.4) is 0 Å². The highest BCUT2D eigenvalue weighted by Crippen LogP contribution is 2.25. The van der Waals surface area contributed by atoms with Gasteiger partial charge < -0.3 is 5.32 Å². The second kappa shape index (κ2) is 6.45. The molecule has 2 aromatic carbocycles. The van der Waals surface area contributed by atoms with Gasteiger partial charge in [0.2, 0.25) is 0 Å². The van der Waals surface area contributed by atoms with Crippen molar-refractivity contribution in [1.82, 2.24) is 5.32 Å². The molecule has 1 N–H and O–H groups in total. The lowest BCUT2D eigenvalue weighted by Crippen LogP contribution is -2.20. The van der Waals surface area contributed by atoms with Crippen LogP contribution in [-0.4, -0.2) is 7.05 Å². The molecule has 1 atom stereocenters. The highest BCUT2D eigenvalue weighted by Gasteiger charge is 2.18. The molecule has 0 radical (unpaired) electrons. The standard InChI is InChI=1S/C15H12ClF4N/c1-21-13(7-8-3-2-4-10(16)14(8)19)9-5-11(17)15(20)12(18)6-9/h2-6,13,21H,7H2,1H3. The van der Waals surface area contributed by atoms with Crippen molar-refractivity contribution in [3.05, 3.63) is 69.8 Å². The summed E-state index contributed by atoms with van der Waals surface area (Å²) in [5.41, 5.74) is 0.486. The highest BCUT2D eigenvalue weighted by molar-refractivity contribution is 6.30. The van der Waals surface area contributed by atoms with Crippen molar-refractivity contribution in [2.24, 2.45) is 0 Å². The normalized spacial score (nSPS) is 12.5. The van der Waals surface area contributed by atoms with Gasteiger partial charge in [-0.05, 0) is 42.8 Å². The zero-order valence-corrected chi connectivity index (χ0v) is 11.8. The average molecular weight is 318 g/mol. The van der Waals surface area contributed by atoms with Gasteiger partial charge in [0.1, 0.15) is 5.82 Å². The number of hydrogen-bond acceptors (Lipinski definition) is 1. The van der Waals surface area contributed by atoms with E-state index in [9.17, 15) is 17.6 Å². The third-order valence-corrected chi connectivity index (χ3v) is 3.50. The Labute approximate surface area is 124 Å². The van der Waals surface area contributed by atoms with Crippen LogP contribution in [-0.2, 0) is 6.42 Å². The lowest BCUT2D eigenvalue weighted by Gasteiger charge is -2.18. The molecule has 2 rings (SSSR count). The summed E-state index contributed by atoms with van der Waals surface area (Å²) in [6.45, 7) is 0. The summed E-state index contributed by atoms with van der Waals surface area (Å²) in [5, 5.41) is 2.79. The molecule has 6 heteroatoms. The average Bonchev–Trinajstić information content (AvgIpc) is 2.46. The number of rotatable bonds is 4. The summed E-state index contributed by atoms with van der Waals surface area (Å²) in [6.07, 6.45) is 0.118. The van der Waals surface area contributed by atoms with E-state index in [4.69, 9.17) is 11.6 Å². The summed E-state index contributed by atoms with van der Waals surface area (Å²) in [4.78, 5) is 0. The van der Waals surface area contributed by atoms with E-state index in [2.05, 4.69) is 5.32 Å². The van der Waals surface area contributed by atoms with Crippen molar-refractivity contribution in [2.45, 2.75) is 12.5 Å². The molecule has 0 aliphatic rings. The number of hydrogen-bond donors (Lipinski definition) is 1. The zero-order chi connectivity index (χ0) is 15.6. The molecule has 2 aromatic rings. The molecular weight excluding hydrogens is 306 g/mol. The van der Waals surface area contributed by atoms with E-state index in [1.165, 1.54) is 12.1 Å². The van der Waals surface area contributed by atoms with E-state index < -0.39 is 29.3 Å². The number of halogens is 5. The highest BCUT2D eigenvalue weighted by atomic mass is 35.5. The number of likely N-dealkylation sites (N-methyl/N-ethyl adjacent to an activating group) is 1. The van der Waals surface area contributed by atoms with Gasteiger partial charge in [-0.3, -0.25) is 0 Å². The van der Waals surface area contributed by atoms with Crippen molar-refractivity contribution in [3.8, 4) is 0 Å². The van der Waals surface area contributed by atoms with Crippen LogP contribution in [0.2, 0.25) is 5.02 Å². The van der Waals surface area contributed by atoms with E-state index in [1.807, 2.05) is 0 Å². The summed E-state index contributed by atoms with van der Waals surface area (Å²) in [6, 6.07) is 5.72. The van der Waals surface area contributed by atoms with Crippen LogP contribution in [0.15, 0.2) is 30.3 Å². The van der Waals surface area contributed by atoms with Crippen molar-refractivity contribution < 1.29 is 17.6 Å². The fourth-order valence-corrected chi connectivity index (χ4v) is 2.28. The predicted octanol–water partition coefficient (Wildman–Crippen LogP) is 4.40. The van der Waals surface area contributed by atoms with Crippen LogP contribution in [0.1, 0.15) is 17.2 Å². The molecule has 21 heavy (non-hydrogen) atoms. The summed E-state index contributed by atoms with van der Waals surface area (Å²) < 4.78 is 53.4. The topological polar surface area (TPSA) is 12.0 Å². The molecular formula is C15H12ClF4N. The summed E-state index contributed by atoms with van der Waals surface area (Å²) in [5.74, 6) is -4.67. The molecule has 0 saturated heterocycles. The monoisotopic (exact) mass is 317 g/mol. The SMILES string of the molecule is CNC(Cc1cccc(Cl)c1F)c1cc(F)c(F)c(F)c1. The van der Waals surface area contributed by atoms with Crippen molar-refractivity contribution in [1.29, 1.82) is 0 Å². The lowest BCUT2D eigenvalue weighted by atomic mass is 9.98. The third-order valence-electron chi connectivity index (χ3n) is 3.21. The molecule has 0 bridgehead atoms. The van der Waals surface area contributed by atoms with E-state index in [-0.39, 0.29) is 17.0 Å². The van der Waals surface area contributed by atoms with Crippen LogP contribution in [0.25, 0.3) is 0 Å². The molecule has 0 amide bonds. The molecule has 0 aliphatic carbocycles. The Hall–Kier alpha value is -1.59. The zero-order valence-electron chi connectivity index (χ0n) is 11.1. The third kappa shape index (κ3) is 3.36. The van der Waals surface area contributed by atoms with E-state index in [0.717, 1.165) is 12.1 Å². The van der Waals surface area contributed by atoms with Gasteiger partial charge in [-0.15, -0.1) is 0 Å². The van der Waals surface area contributed by atoms with Crippen molar-refractivity contribution in [2.75, 3.05) is 7.05 Å². The Kier molecular flexibility index (Phi) is 4.85. The molecule has 0 saturated carbocycles. The maximum atomic E-state index is 13.9. The Bertz CT molecular complexity index is 637. The van der Waals surface area contributed by atoms with Crippen LogP contribution in [0.4, 0.5) is 17.6 Å². The van der Waals surface area contributed by atoms with E-state index in [0.29, 0.717) is 5.56 Å². The van der Waals surface area contributed by atoms with Crippen LogP contribution in [0.5, 0.6) is 0 Å². The van der Waals surface area contributed by atoms with Gasteiger partial charge in [-0.25, -0.2) is 17.6 Å². The minimum Gasteiger partial charge on any atom is -0.313 e. The number of benzene rings is 2. The maximum absolute atomic E-state index is 13.9. The molecule has 0 heterocycles. The minimum absolute atomic E-state index is 0.0289. The van der Waals surface area contributed by atoms with Gasteiger partial charge in [0, 0.05) is 6.04 Å². The van der Waals surface area contributed by atoms with Crippen LogP contribution >= 0.6 is 11.6 Å². The number of nitrogens with one attached hydrogen (secondary N) is 1. The summed E-state index contributed by atoms with van der Waals surface area (Å²) in [7, 11) is 1.56. The molecule has 0 aromatic heterocycles. The van der Waals surface area contributed by atoms with Gasteiger partial charge in [0.15, 0.2) is 17.5 Å². The smallest absolute Gasteiger partial charge is 0.194 e. The minimum atomic E-state index is -1.53. The molecule has 1 nitrogen and oxygen atoms in total. The van der Waals surface area contributed by atoms with Crippen LogP contribution < -0.4 is 5.32 Å². The first kappa shape index (κ1) is 15.8. The van der Waals surface area contributed by atoms with Gasteiger partial charge in [0.25, 0.3) is 0 Å².